The summed E-state index contributed by atoms with van der Waals surface area (Å²) in [7, 11) is 0. The molecule has 0 saturated heterocycles. The van der Waals surface area contributed by atoms with Crippen LogP contribution in [0.25, 0.3) is 0 Å². The maximum Gasteiger partial charge on any atom is 0.759 e. The van der Waals surface area contributed by atoms with E-state index in [1.54, 1.807) is 6.07 Å². The molecule has 0 unspecified atom stereocenters. The van der Waals surface area contributed by atoms with Crippen LogP contribution in [0.3, 0.4) is 0 Å². The van der Waals surface area contributed by atoms with Crippen molar-refractivity contribution >= 4 is 11.9 Å². The molecule has 1 aromatic rings. The van der Waals surface area contributed by atoms with Gasteiger partial charge in [0.05, 0.1) is 4.21 Å². The van der Waals surface area contributed by atoms with E-state index in [0.29, 0.717) is 5.75 Å². The van der Waals surface area contributed by atoms with Gasteiger partial charge in [-0.05, 0) is 25.5 Å². The number of benzene rings is 1. The molecule has 3 heteroatoms. The molecule has 1 aromatic carbocycles. The van der Waals surface area contributed by atoms with Gasteiger partial charge in [0.2, 0.25) is 5.75 Å². The highest BCUT2D eigenvalue weighted by atomic mass is 32.2. The first-order chi connectivity index (χ1) is 5.25. The van der Waals surface area contributed by atoms with Crippen molar-refractivity contribution in [3.8, 4) is 5.75 Å². The molecule has 0 aliphatic heterocycles. The van der Waals surface area contributed by atoms with Crippen molar-refractivity contribution in [1.82, 2.24) is 0 Å². The van der Waals surface area contributed by atoms with Gasteiger partial charge in [0, 0.05) is 5.56 Å². The van der Waals surface area contributed by atoms with Crippen molar-refractivity contribution < 1.29 is 8.39 Å². The summed E-state index contributed by atoms with van der Waals surface area (Å²) in [5.41, 5.74) is 2.16. The van der Waals surface area contributed by atoms with Crippen LogP contribution in [0.1, 0.15) is 11.1 Å². The zero-order valence-electron chi connectivity index (χ0n) is 6.46. The van der Waals surface area contributed by atoms with Crippen molar-refractivity contribution in [3.63, 3.8) is 0 Å². The van der Waals surface area contributed by atoms with Crippen molar-refractivity contribution in [2.45, 2.75) is 13.8 Å². The number of hydrogen-bond acceptors (Lipinski definition) is 2. The van der Waals surface area contributed by atoms with E-state index in [-0.39, 0.29) is 11.9 Å². The molecule has 0 atom stereocenters. The summed E-state index contributed by atoms with van der Waals surface area (Å²) in [5, 5.41) is 0. The molecule has 0 heterocycles. The molecule has 0 aliphatic rings. The topological polar surface area (TPSA) is 26.3 Å². The highest BCUT2D eigenvalue weighted by molar-refractivity contribution is 7.60. The zero-order valence-corrected chi connectivity index (χ0v) is 7.27. The summed E-state index contributed by atoms with van der Waals surface area (Å²) < 4.78 is 14.8. The summed E-state index contributed by atoms with van der Waals surface area (Å²) >= 11 is 0.128. The molecule has 0 N–H and O–H groups in total. The molecule has 0 spiro atoms. The van der Waals surface area contributed by atoms with Crippen LogP contribution in [0, 0.1) is 13.8 Å². The highest BCUT2D eigenvalue weighted by Gasteiger charge is 2.07. The van der Waals surface area contributed by atoms with Crippen molar-refractivity contribution in [2.24, 2.45) is 0 Å². The third kappa shape index (κ3) is 1.74. The largest absolute Gasteiger partial charge is 0.759 e. The van der Waals surface area contributed by atoms with Crippen LogP contribution < -0.4 is 4.18 Å². The van der Waals surface area contributed by atoms with Crippen LogP contribution in [0.2, 0.25) is 0 Å². The standard InChI is InChI=1S/C8H9O2S/c1-6-4-3-5-8(7(6)2)10-11-9/h3-5H,1-2H3/q+1. The Bertz CT molecular complexity index is 271. The second kappa shape index (κ2) is 3.44. The van der Waals surface area contributed by atoms with Gasteiger partial charge in [0.15, 0.2) is 0 Å². The van der Waals surface area contributed by atoms with Crippen molar-refractivity contribution in [3.05, 3.63) is 29.3 Å². The lowest BCUT2D eigenvalue weighted by Crippen LogP contribution is -1.88. The molecule has 58 valence electrons. The van der Waals surface area contributed by atoms with Crippen LogP contribution in [0.15, 0.2) is 18.2 Å². The van der Waals surface area contributed by atoms with E-state index in [4.69, 9.17) is 4.18 Å². The third-order valence-corrected chi connectivity index (χ3v) is 1.93. The first-order valence-electron chi connectivity index (χ1n) is 3.28. The second-order valence-electron chi connectivity index (χ2n) is 2.35. The van der Waals surface area contributed by atoms with E-state index >= 15 is 0 Å². The Hall–Kier alpha value is -0.960. The number of aryl methyl sites for hydroxylation is 1. The lowest BCUT2D eigenvalue weighted by Gasteiger charge is -1.98. The predicted octanol–water partition coefficient (Wildman–Crippen LogP) is 2.03. The Balaban J connectivity index is 3.05. The molecule has 0 amide bonds. The summed E-state index contributed by atoms with van der Waals surface area (Å²) in [6.07, 6.45) is 0. The van der Waals surface area contributed by atoms with Crippen LogP contribution >= 0.6 is 0 Å². The van der Waals surface area contributed by atoms with Gasteiger partial charge in [-0.25, -0.2) is 0 Å². The quantitative estimate of drug-likeness (QED) is 0.500. The Morgan fingerprint density at radius 1 is 1.36 bits per heavy atom. The maximum absolute atomic E-state index is 10.1. The van der Waals surface area contributed by atoms with E-state index in [0.717, 1.165) is 11.1 Å². The number of rotatable bonds is 2. The van der Waals surface area contributed by atoms with Gasteiger partial charge >= 0.3 is 11.9 Å². The number of hydrogen-bond donors (Lipinski definition) is 0. The molecule has 0 radical (unpaired) electrons. The molecular formula is C8H9O2S+. The summed E-state index contributed by atoms with van der Waals surface area (Å²) in [4.78, 5) is 0. The third-order valence-electron chi connectivity index (χ3n) is 1.68. The first kappa shape index (κ1) is 8.14. The van der Waals surface area contributed by atoms with Gasteiger partial charge in [0.25, 0.3) is 0 Å². The average Bonchev–Trinajstić information content (AvgIpc) is 1.99. The minimum Gasteiger partial charge on any atom is -0.173 e. The van der Waals surface area contributed by atoms with Crippen LogP contribution in [-0.2, 0) is 16.2 Å². The monoisotopic (exact) mass is 169 g/mol. The molecule has 0 aromatic heterocycles. The minimum absolute atomic E-state index is 0.128. The van der Waals surface area contributed by atoms with Crippen LogP contribution in [-0.4, -0.2) is 0 Å². The predicted molar refractivity (Wildman–Crippen MR) is 44.6 cm³/mol. The fourth-order valence-corrected chi connectivity index (χ4v) is 1.10. The smallest absolute Gasteiger partial charge is 0.173 e. The van der Waals surface area contributed by atoms with E-state index in [1.807, 2.05) is 26.0 Å². The van der Waals surface area contributed by atoms with Gasteiger partial charge in [-0.3, -0.25) is 0 Å². The lowest BCUT2D eigenvalue weighted by molar-refractivity contribution is 0.535. The zero-order chi connectivity index (χ0) is 8.27. The van der Waals surface area contributed by atoms with E-state index in [1.165, 1.54) is 0 Å². The fraction of sp³-hybridized carbons (Fsp3) is 0.250. The van der Waals surface area contributed by atoms with Crippen LogP contribution in [0.4, 0.5) is 0 Å². The molecule has 11 heavy (non-hydrogen) atoms. The van der Waals surface area contributed by atoms with Gasteiger partial charge in [0.1, 0.15) is 0 Å². The molecular weight excluding hydrogens is 160 g/mol. The van der Waals surface area contributed by atoms with E-state index in [9.17, 15) is 4.21 Å². The fourth-order valence-electron chi connectivity index (χ4n) is 0.851. The average molecular weight is 169 g/mol. The summed E-state index contributed by atoms with van der Waals surface area (Å²) in [6.45, 7) is 3.92. The van der Waals surface area contributed by atoms with Gasteiger partial charge in [-0.15, -0.1) is 0 Å². The lowest BCUT2D eigenvalue weighted by atomic mass is 10.1. The molecule has 1 rings (SSSR count). The minimum atomic E-state index is 0.128. The first-order valence-corrected chi connectivity index (χ1v) is 3.95. The molecule has 0 aliphatic carbocycles. The van der Waals surface area contributed by atoms with Gasteiger partial charge in [-0.2, -0.15) is 4.18 Å². The van der Waals surface area contributed by atoms with E-state index < -0.39 is 0 Å². The normalized spacial score (nSPS) is 9.27. The second-order valence-corrected chi connectivity index (χ2v) is 2.65. The van der Waals surface area contributed by atoms with Gasteiger partial charge in [-0.1, -0.05) is 12.1 Å². The highest BCUT2D eigenvalue weighted by Crippen LogP contribution is 2.19. The van der Waals surface area contributed by atoms with Crippen molar-refractivity contribution in [2.75, 3.05) is 0 Å². The Morgan fingerprint density at radius 2 is 2.09 bits per heavy atom. The Labute approximate surface area is 69.9 Å². The SMILES string of the molecule is Cc1cccc(O[S+]=O)c1C. The summed E-state index contributed by atoms with van der Waals surface area (Å²) in [6, 6.07) is 5.64. The molecule has 0 bridgehead atoms. The van der Waals surface area contributed by atoms with Crippen LogP contribution in [0.5, 0.6) is 5.75 Å². The summed E-state index contributed by atoms with van der Waals surface area (Å²) in [5.74, 6) is 0.657. The molecule has 0 saturated carbocycles. The molecule has 2 nitrogen and oxygen atoms in total. The maximum atomic E-state index is 10.1. The van der Waals surface area contributed by atoms with Gasteiger partial charge < -0.3 is 0 Å². The van der Waals surface area contributed by atoms with E-state index in [2.05, 4.69) is 0 Å². The molecule has 0 fully saturated rings. The Kier molecular flexibility index (Phi) is 2.54. The van der Waals surface area contributed by atoms with Crippen molar-refractivity contribution in [1.29, 1.82) is 0 Å². The Morgan fingerprint density at radius 3 is 2.73 bits per heavy atom.